The Kier molecular flexibility index (Phi) is 8.22. The van der Waals surface area contributed by atoms with Gasteiger partial charge in [0.05, 0.1) is 37.3 Å². The largest absolute Gasteiger partial charge is 0.468 e. The highest BCUT2D eigenvalue weighted by atomic mass is 32.2. The van der Waals surface area contributed by atoms with E-state index >= 15 is 0 Å². The number of amidine groups is 1. The van der Waals surface area contributed by atoms with Crippen molar-refractivity contribution in [3.63, 3.8) is 0 Å². The highest BCUT2D eigenvalue weighted by Gasteiger charge is 2.28. The fourth-order valence-corrected chi connectivity index (χ4v) is 6.27. The molecular formula is C28H33N3O6S2. The van der Waals surface area contributed by atoms with Crippen molar-refractivity contribution in [2.45, 2.75) is 52.1 Å². The summed E-state index contributed by atoms with van der Waals surface area (Å²) in [6.07, 6.45) is 2.26. The summed E-state index contributed by atoms with van der Waals surface area (Å²) < 4.78 is 46.2. The normalized spacial score (nSPS) is 18.9. The van der Waals surface area contributed by atoms with Gasteiger partial charge in [0.2, 0.25) is 6.29 Å². The highest BCUT2D eigenvalue weighted by Crippen LogP contribution is 2.36. The molecule has 2 aromatic carbocycles. The Hall–Kier alpha value is -2.99. The van der Waals surface area contributed by atoms with E-state index in [1.165, 1.54) is 5.56 Å². The van der Waals surface area contributed by atoms with Crippen molar-refractivity contribution in [3.05, 3.63) is 74.7 Å². The van der Waals surface area contributed by atoms with Crippen LogP contribution in [0.1, 0.15) is 58.0 Å². The van der Waals surface area contributed by atoms with Crippen molar-refractivity contribution in [3.8, 4) is 5.75 Å². The van der Waals surface area contributed by atoms with Gasteiger partial charge in [0.25, 0.3) is 6.02 Å². The number of hydrogen-bond donors (Lipinski definition) is 0. The van der Waals surface area contributed by atoms with Gasteiger partial charge in [-0.15, -0.1) is 11.3 Å². The molecule has 0 aliphatic carbocycles. The summed E-state index contributed by atoms with van der Waals surface area (Å²) in [6.45, 7) is 6.20. The molecule has 0 bridgehead atoms. The molecule has 1 atom stereocenters. The predicted octanol–water partition coefficient (Wildman–Crippen LogP) is 5.36. The molecule has 3 heterocycles. The standard InChI is InChI=1S/C28H33N3O6S2/c1-18-8-9-19(2)23(14-18)30-28(34-3)31-12-10-20(11-13-31)26-29-24(17-38-26)27-35-15-21-6-5-7-25(22(21)16-36-27)37-39(4,32)33/h5-9,14,17,20,27H,10-13,15-16H2,1-4H3/b30-28-. The third-order valence-electron chi connectivity index (χ3n) is 6.90. The Bertz CT molecular complexity index is 1460. The Morgan fingerprint density at radius 2 is 1.90 bits per heavy atom. The predicted molar refractivity (Wildman–Crippen MR) is 150 cm³/mol. The Morgan fingerprint density at radius 3 is 2.64 bits per heavy atom. The summed E-state index contributed by atoms with van der Waals surface area (Å²) in [6, 6.07) is 12.1. The summed E-state index contributed by atoms with van der Waals surface area (Å²) in [5.74, 6) is 0.595. The van der Waals surface area contributed by atoms with Crippen molar-refractivity contribution < 1.29 is 26.8 Å². The van der Waals surface area contributed by atoms with Crippen LogP contribution in [0.15, 0.2) is 46.8 Å². The smallest absolute Gasteiger partial charge is 0.306 e. The van der Waals surface area contributed by atoms with Crippen LogP contribution in [0.4, 0.5) is 5.69 Å². The quantitative estimate of drug-likeness (QED) is 0.229. The summed E-state index contributed by atoms with van der Waals surface area (Å²) >= 11 is 1.62. The van der Waals surface area contributed by atoms with E-state index in [-0.39, 0.29) is 19.0 Å². The molecule has 2 aliphatic heterocycles. The minimum atomic E-state index is -3.65. The number of nitrogens with zero attached hydrogens (tertiary/aromatic N) is 3. The summed E-state index contributed by atoms with van der Waals surface area (Å²) in [7, 11) is -1.98. The van der Waals surface area contributed by atoms with E-state index in [2.05, 4.69) is 36.9 Å². The maximum atomic E-state index is 11.7. The van der Waals surface area contributed by atoms with E-state index < -0.39 is 16.4 Å². The first-order valence-corrected chi connectivity index (χ1v) is 15.5. The molecular weight excluding hydrogens is 538 g/mol. The average Bonchev–Trinajstić information content (AvgIpc) is 3.29. The van der Waals surface area contributed by atoms with Gasteiger partial charge in [-0.2, -0.15) is 13.4 Å². The SMILES string of the molecule is CO/C(=N\c1cc(C)ccc1C)N1CCC(c2nc(C3OCc4cccc(OS(C)(=O)=O)c4CO3)cs2)CC1. The zero-order valence-electron chi connectivity index (χ0n) is 22.5. The van der Waals surface area contributed by atoms with Gasteiger partial charge < -0.3 is 23.3 Å². The molecule has 0 N–H and O–H groups in total. The summed E-state index contributed by atoms with van der Waals surface area (Å²) in [4.78, 5) is 11.9. The molecule has 11 heteroatoms. The van der Waals surface area contributed by atoms with Crippen molar-refractivity contribution in [1.82, 2.24) is 9.88 Å². The van der Waals surface area contributed by atoms with Crippen LogP contribution in [0.3, 0.4) is 0 Å². The van der Waals surface area contributed by atoms with Gasteiger partial charge in [-0.05, 0) is 55.5 Å². The lowest BCUT2D eigenvalue weighted by molar-refractivity contribution is -0.155. The Balaban J connectivity index is 1.22. The third-order valence-corrected chi connectivity index (χ3v) is 8.41. The van der Waals surface area contributed by atoms with Crippen LogP contribution in [0.5, 0.6) is 5.75 Å². The van der Waals surface area contributed by atoms with Crippen LogP contribution in [0, 0.1) is 13.8 Å². The molecule has 1 aromatic heterocycles. The van der Waals surface area contributed by atoms with Crippen LogP contribution in [-0.2, 0) is 37.5 Å². The van der Waals surface area contributed by atoms with E-state index in [1.54, 1.807) is 30.6 Å². The fourth-order valence-electron chi connectivity index (χ4n) is 4.80. The van der Waals surface area contributed by atoms with Crippen molar-refractivity contribution >= 4 is 33.2 Å². The second-order valence-electron chi connectivity index (χ2n) is 9.90. The molecule has 0 saturated carbocycles. The van der Waals surface area contributed by atoms with Crippen LogP contribution in [0.2, 0.25) is 0 Å². The lowest BCUT2D eigenvalue weighted by atomic mass is 9.98. The Labute approximate surface area is 233 Å². The lowest BCUT2D eigenvalue weighted by Crippen LogP contribution is -2.38. The first-order chi connectivity index (χ1) is 18.7. The molecule has 0 radical (unpaired) electrons. The molecule has 208 valence electrons. The van der Waals surface area contributed by atoms with E-state index in [4.69, 9.17) is 28.4 Å². The summed E-state index contributed by atoms with van der Waals surface area (Å²) in [5, 5.41) is 3.05. The number of aliphatic imine (C=N–C) groups is 1. The number of methoxy groups -OCH3 is 1. The number of likely N-dealkylation sites (tertiary alicyclic amines) is 1. The fraction of sp³-hybridized carbons (Fsp3) is 0.429. The van der Waals surface area contributed by atoms with Crippen LogP contribution in [-0.4, -0.2) is 50.8 Å². The molecule has 0 spiro atoms. The highest BCUT2D eigenvalue weighted by molar-refractivity contribution is 7.86. The molecule has 1 unspecified atom stereocenters. The number of thiazole rings is 1. The van der Waals surface area contributed by atoms with Gasteiger partial charge >= 0.3 is 10.1 Å². The number of fused-ring (bicyclic) bond motifs is 1. The van der Waals surface area contributed by atoms with Gasteiger partial charge in [0, 0.05) is 30.0 Å². The van der Waals surface area contributed by atoms with Gasteiger partial charge in [-0.3, -0.25) is 0 Å². The van der Waals surface area contributed by atoms with E-state index in [9.17, 15) is 8.42 Å². The van der Waals surface area contributed by atoms with E-state index in [0.717, 1.165) is 59.7 Å². The number of hydrogen-bond acceptors (Lipinski definition) is 9. The molecule has 2 aliphatic rings. The molecule has 3 aromatic rings. The molecule has 9 nitrogen and oxygen atoms in total. The monoisotopic (exact) mass is 571 g/mol. The molecule has 39 heavy (non-hydrogen) atoms. The number of ether oxygens (including phenoxy) is 3. The van der Waals surface area contributed by atoms with Crippen LogP contribution < -0.4 is 4.18 Å². The van der Waals surface area contributed by atoms with Gasteiger partial charge in [0.15, 0.2) is 0 Å². The van der Waals surface area contributed by atoms with Gasteiger partial charge in [0.1, 0.15) is 11.4 Å². The van der Waals surface area contributed by atoms with Gasteiger partial charge in [-0.1, -0.05) is 24.3 Å². The molecule has 0 amide bonds. The summed E-state index contributed by atoms with van der Waals surface area (Å²) in [5.41, 5.74) is 5.44. The van der Waals surface area contributed by atoms with E-state index in [0.29, 0.717) is 17.5 Å². The van der Waals surface area contributed by atoms with Crippen LogP contribution >= 0.6 is 11.3 Å². The topological polar surface area (TPSA) is 99.5 Å². The van der Waals surface area contributed by atoms with Crippen molar-refractivity contribution in [1.29, 1.82) is 0 Å². The first-order valence-electron chi connectivity index (χ1n) is 12.8. The molecule has 5 rings (SSSR count). The number of aromatic nitrogens is 1. The zero-order valence-corrected chi connectivity index (χ0v) is 24.2. The third kappa shape index (κ3) is 6.60. The second-order valence-corrected chi connectivity index (χ2v) is 12.4. The number of piperidine rings is 1. The minimum Gasteiger partial charge on any atom is -0.468 e. The first kappa shape index (κ1) is 27.6. The molecule has 1 saturated heterocycles. The average molecular weight is 572 g/mol. The maximum absolute atomic E-state index is 11.7. The lowest BCUT2D eigenvalue weighted by Gasteiger charge is -2.32. The maximum Gasteiger partial charge on any atom is 0.306 e. The van der Waals surface area contributed by atoms with E-state index in [1.807, 2.05) is 11.4 Å². The molecule has 1 fully saturated rings. The van der Waals surface area contributed by atoms with Gasteiger partial charge in [-0.25, -0.2) is 4.98 Å². The minimum absolute atomic E-state index is 0.163. The van der Waals surface area contributed by atoms with Crippen molar-refractivity contribution in [2.75, 3.05) is 26.5 Å². The Morgan fingerprint density at radius 1 is 1.13 bits per heavy atom. The number of aryl methyl sites for hydroxylation is 2. The second kappa shape index (κ2) is 11.6. The van der Waals surface area contributed by atoms with Crippen LogP contribution in [0.25, 0.3) is 0 Å². The zero-order chi connectivity index (χ0) is 27.6. The number of rotatable bonds is 5. The van der Waals surface area contributed by atoms with Crippen molar-refractivity contribution in [2.24, 2.45) is 4.99 Å². The number of benzene rings is 2.